The molecule has 0 aromatic heterocycles. The predicted octanol–water partition coefficient (Wildman–Crippen LogP) is -0.985. The molecule has 0 bridgehead atoms. The molecule has 0 aliphatic heterocycles. The fraction of sp³-hybridized carbons (Fsp3) is 0.250. The molecule has 0 aliphatic rings. The van der Waals surface area contributed by atoms with Gasteiger partial charge in [0.1, 0.15) is 24.7 Å². The molecule has 0 atom stereocenters. The molecule has 0 unspecified atom stereocenters. The van der Waals surface area contributed by atoms with Crippen LogP contribution < -0.4 is 19.9 Å². The zero-order chi connectivity index (χ0) is 21.2. The molecule has 11 nitrogen and oxygen atoms in total. The third-order valence-corrected chi connectivity index (χ3v) is 3.40. The van der Waals surface area contributed by atoms with E-state index in [-0.39, 0.29) is 40.8 Å². The summed E-state index contributed by atoms with van der Waals surface area (Å²) in [6, 6.07) is 5.66. The SMILES string of the molecule is [C-]#[N+]/C(C#N)=c1/cc(OCCOS(=O)(=O)[O-])/c(=C(\C#N)[N+]#[C-])cc1OCCO. The molecule has 1 rings (SSSR count). The number of nitrogens with zero attached hydrogens (tertiary/aromatic N) is 4. The highest BCUT2D eigenvalue weighted by Gasteiger charge is 2.11. The highest BCUT2D eigenvalue weighted by molar-refractivity contribution is 7.80. The van der Waals surface area contributed by atoms with E-state index in [2.05, 4.69) is 13.9 Å². The second-order valence-electron chi connectivity index (χ2n) is 4.64. The van der Waals surface area contributed by atoms with Gasteiger partial charge in [0.15, 0.2) is 0 Å². The van der Waals surface area contributed by atoms with E-state index < -0.39 is 29.3 Å². The van der Waals surface area contributed by atoms with Gasteiger partial charge in [-0.1, -0.05) is 0 Å². The van der Waals surface area contributed by atoms with Gasteiger partial charge in [-0.2, -0.15) is 0 Å². The molecule has 0 aliphatic carbocycles. The van der Waals surface area contributed by atoms with Crippen LogP contribution in [-0.2, 0) is 14.6 Å². The van der Waals surface area contributed by atoms with Crippen LogP contribution in [0.1, 0.15) is 0 Å². The van der Waals surface area contributed by atoms with Crippen molar-refractivity contribution in [1.29, 1.82) is 10.5 Å². The van der Waals surface area contributed by atoms with Crippen LogP contribution >= 0.6 is 0 Å². The minimum atomic E-state index is -4.93. The monoisotopic (exact) mass is 403 g/mol. The van der Waals surface area contributed by atoms with Gasteiger partial charge in [-0.15, -0.1) is 0 Å². The molecule has 1 aromatic rings. The van der Waals surface area contributed by atoms with Gasteiger partial charge in [-0.05, 0) is 12.1 Å². The van der Waals surface area contributed by atoms with Crippen LogP contribution in [0, 0.1) is 35.8 Å². The van der Waals surface area contributed by atoms with E-state index in [0.29, 0.717) is 0 Å². The van der Waals surface area contributed by atoms with E-state index in [4.69, 9.17) is 38.2 Å². The van der Waals surface area contributed by atoms with Crippen molar-refractivity contribution >= 4 is 21.8 Å². The first-order valence-corrected chi connectivity index (χ1v) is 8.59. The van der Waals surface area contributed by atoms with Crippen molar-refractivity contribution in [3.63, 3.8) is 0 Å². The second-order valence-corrected chi connectivity index (χ2v) is 5.69. The number of aliphatic hydroxyl groups is 1. The van der Waals surface area contributed by atoms with Crippen molar-refractivity contribution in [3.05, 3.63) is 45.4 Å². The van der Waals surface area contributed by atoms with Crippen molar-refractivity contribution in [1.82, 2.24) is 0 Å². The molecule has 0 saturated heterocycles. The topological polar surface area (TPSA) is 161 Å². The standard InChI is InChI=1S/C16H12N4O7S/c1-19-13(9-17)11-8-16(26-5-6-27-28(22,23)24)12(14(10-18)20-2)7-15(11)25-4-3-21/h7-8,21H,3-6H2,(H,22,23,24)/p-1/b13-11-,14-12+. The first-order chi connectivity index (χ1) is 13.3. The number of hydrogen-bond acceptors (Lipinski definition) is 9. The average molecular weight is 403 g/mol. The molecule has 0 spiro atoms. The van der Waals surface area contributed by atoms with E-state index >= 15 is 0 Å². The summed E-state index contributed by atoms with van der Waals surface area (Å²) in [5, 5.41) is 27.1. The maximum absolute atomic E-state index is 10.4. The van der Waals surface area contributed by atoms with Gasteiger partial charge in [-0.3, -0.25) is 4.18 Å². The highest BCUT2D eigenvalue weighted by atomic mass is 32.3. The Bertz CT molecular complexity index is 1100. The lowest BCUT2D eigenvalue weighted by Crippen LogP contribution is -2.22. The van der Waals surface area contributed by atoms with Crippen LogP contribution in [0.5, 0.6) is 11.5 Å². The van der Waals surface area contributed by atoms with Crippen molar-refractivity contribution < 1.29 is 31.7 Å². The number of benzene rings is 1. The summed E-state index contributed by atoms with van der Waals surface area (Å²) in [5.74, 6) is -0.180. The van der Waals surface area contributed by atoms with Gasteiger partial charge in [0, 0.05) is 10.4 Å². The first-order valence-electron chi connectivity index (χ1n) is 7.25. The van der Waals surface area contributed by atoms with Crippen molar-refractivity contribution in [2.24, 2.45) is 0 Å². The summed E-state index contributed by atoms with van der Waals surface area (Å²) in [6.07, 6.45) is 0. The number of nitriles is 2. The van der Waals surface area contributed by atoms with Crippen LogP contribution in [0.4, 0.5) is 0 Å². The summed E-state index contributed by atoms with van der Waals surface area (Å²) in [5.41, 5.74) is -0.793. The molecule has 0 fully saturated rings. The Balaban J connectivity index is 3.63. The molecule has 28 heavy (non-hydrogen) atoms. The van der Waals surface area contributed by atoms with Gasteiger partial charge >= 0.3 is 0 Å². The average Bonchev–Trinajstić information content (AvgIpc) is 2.66. The van der Waals surface area contributed by atoms with Gasteiger partial charge in [-0.25, -0.2) is 28.6 Å². The number of hydrogen-bond donors (Lipinski definition) is 1. The number of aliphatic hydroxyl groups excluding tert-OH is 1. The van der Waals surface area contributed by atoms with Crippen LogP contribution in [0.25, 0.3) is 21.1 Å². The Labute approximate surface area is 160 Å². The minimum absolute atomic E-state index is 0.0238. The molecule has 0 heterocycles. The van der Waals surface area contributed by atoms with Gasteiger partial charge in [0.2, 0.25) is 10.4 Å². The molecule has 1 N–H and O–H groups in total. The smallest absolute Gasteiger partial charge is 0.272 e. The summed E-state index contributed by atoms with van der Waals surface area (Å²) in [6.45, 7) is 12.5. The molecule has 0 saturated carbocycles. The number of rotatable bonds is 8. The molecule has 0 amide bonds. The zero-order valence-corrected chi connectivity index (χ0v) is 14.9. The van der Waals surface area contributed by atoms with E-state index in [9.17, 15) is 13.0 Å². The van der Waals surface area contributed by atoms with E-state index in [1.807, 2.05) is 0 Å². The first kappa shape index (κ1) is 22.4. The van der Waals surface area contributed by atoms with E-state index in [1.165, 1.54) is 6.07 Å². The largest absolute Gasteiger partial charge is 0.726 e. The quantitative estimate of drug-likeness (QED) is 0.249. The Hall–Kier alpha value is -3.65. The molecule has 1 aromatic carbocycles. The van der Waals surface area contributed by atoms with Gasteiger partial charge in [0.25, 0.3) is 11.4 Å². The molecule has 144 valence electrons. The lowest BCUT2D eigenvalue weighted by Gasteiger charge is -2.12. The Morgan fingerprint density at radius 3 is 1.86 bits per heavy atom. The van der Waals surface area contributed by atoms with E-state index in [1.54, 1.807) is 12.1 Å². The van der Waals surface area contributed by atoms with Gasteiger partial charge < -0.3 is 19.1 Å². The van der Waals surface area contributed by atoms with Crippen LogP contribution in [0.3, 0.4) is 0 Å². The lowest BCUT2D eigenvalue weighted by atomic mass is 10.1. The normalized spacial score (nSPS) is 12.5. The second kappa shape index (κ2) is 10.5. The van der Waals surface area contributed by atoms with Gasteiger partial charge in [0.05, 0.1) is 38.5 Å². The molecular weight excluding hydrogens is 392 g/mol. The van der Waals surface area contributed by atoms with Crippen molar-refractivity contribution in [3.8, 4) is 23.6 Å². The lowest BCUT2D eigenvalue weighted by molar-refractivity contribution is 0.195. The zero-order valence-electron chi connectivity index (χ0n) is 14.1. The maximum atomic E-state index is 10.4. The fourth-order valence-electron chi connectivity index (χ4n) is 1.90. The van der Waals surface area contributed by atoms with Crippen LogP contribution in [-0.4, -0.2) is 44.5 Å². The van der Waals surface area contributed by atoms with E-state index in [0.717, 1.165) is 6.07 Å². The van der Waals surface area contributed by atoms with Crippen LogP contribution in [0.15, 0.2) is 12.1 Å². The van der Waals surface area contributed by atoms with Crippen molar-refractivity contribution in [2.45, 2.75) is 0 Å². The Kier molecular flexibility index (Phi) is 8.39. The fourth-order valence-corrected chi connectivity index (χ4v) is 2.18. The molecule has 0 radical (unpaired) electrons. The minimum Gasteiger partial charge on any atom is -0.726 e. The summed E-state index contributed by atoms with van der Waals surface area (Å²) >= 11 is 0. The third-order valence-electron chi connectivity index (χ3n) is 2.94. The number of ether oxygens (including phenoxy) is 2. The highest BCUT2D eigenvalue weighted by Crippen LogP contribution is 2.12. The Morgan fingerprint density at radius 2 is 1.50 bits per heavy atom. The third kappa shape index (κ3) is 6.26. The summed E-state index contributed by atoms with van der Waals surface area (Å²) < 4.78 is 45.9. The predicted molar refractivity (Wildman–Crippen MR) is 90.7 cm³/mol. The summed E-state index contributed by atoms with van der Waals surface area (Å²) in [7, 11) is -4.93. The summed E-state index contributed by atoms with van der Waals surface area (Å²) in [4.78, 5) is 6.11. The van der Waals surface area contributed by atoms with Crippen LogP contribution in [0.2, 0.25) is 0 Å². The maximum Gasteiger partial charge on any atom is 0.272 e. The molecule has 12 heteroatoms. The molecular formula is C16H11N4O7S-. The van der Waals surface area contributed by atoms with Crippen molar-refractivity contribution in [2.75, 3.05) is 26.4 Å². The Morgan fingerprint density at radius 1 is 1.04 bits per heavy atom.